The number of methoxy groups -OCH3 is 1. The number of nitrogens with zero attached hydrogens (tertiary/aromatic N) is 1. The van der Waals surface area contributed by atoms with Gasteiger partial charge in [0, 0.05) is 13.6 Å². The van der Waals surface area contributed by atoms with E-state index in [4.69, 9.17) is 4.74 Å². The van der Waals surface area contributed by atoms with Crippen LogP contribution in [0.5, 0.6) is 11.5 Å². The Labute approximate surface area is 176 Å². The van der Waals surface area contributed by atoms with Crippen LogP contribution < -0.4 is 4.74 Å². The van der Waals surface area contributed by atoms with E-state index in [1.54, 1.807) is 12.1 Å². The van der Waals surface area contributed by atoms with Gasteiger partial charge in [0.2, 0.25) is 0 Å². The first-order chi connectivity index (χ1) is 12.4. The first-order valence-electron chi connectivity index (χ1n) is 7.45. The van der Waals surface area contributed by atoms with Crippen LogP contribution in [0.25, 0.3) is 6.08 Å². The summed E-state index contributed by atoms with van der Waals surface area (Å²) in [6.07, 6.45) is 1.50. The predicted octanol–water partition coefficient (Wildman–Crippen LogP) is 5.00. The molecule has 26 heavy (non-hydrogen) atoms. The Balaban J connectivity index is 1.88. The van der Waals surface area contributed by atoms with Crippen molar-refractivity contribution in [1.29, 1.82) is 0 Å². The summed E-state index contributed by atoms with van der Waals surface area (Å²) < 4.78 is 6.88. The van der Waals surface area contributed by atoms with E-state index in [1.165, 1.54) is 18.1 Å². The Morgan fingerprint density at radius 2 is 1.96 bits per heavy atom. The summed E-state index contributed by atoms with van der Waals surface area (Å²) in [5, 5.41) is 9.91. The summed E-state index contributed by atoms with van der Waals surface area (Å²) in [6.45, 7) is 0.215. The minimum absolute atomic E-state index is 0.0832. The third-order valence-corrected chi connectivity index (χ3v) is 5.79. The van der Waals surface area contributed by atoms with Crippen molar-refractivity contribution in [2.75, 3.05) is 7.11 Å². The van der Waals surface area contributed by atoms with Crippen LogP contribution in [0.2, 0.25) is 0 Å². The average Bonchev–Trinajstić information content (AvgIpc) is 2.87. The Morgan fingerprint density at radius 1 is 1.27 bits per heavy atom. The minimum Gasteiger partial charge on any atom is -0.504 e. The van der Waals surface area contributed by atoms with E-state index in [-0.39, 0.29) is 34.1 Å². The number of amides is 2. The molecule has 1 aliphatic heterocycles. The van der Waals surface area contributed by atoms with Gasteiger partial charge in [-0.25, -0.2) is 0 Å². The van der Waals surface area contributed by atoms with E-state index < -0.39 is 0 Å². The van der Waals surface area contributed by atoms with E-state index in [0.717, 1.165) is 20.9 Å². The second kappa shape index (κ2) is 8.01. The molecule has 2 amide bonds. The highest BCUT2D eigenvalue weighted by Gasteiger charge is 2.35. The van der Waals surface area contributed by atoms with Gasteiger partial charge < -0.3 is 9.84 Å². The molecule has 0 atom stereocenters. The molecule has 0 radical (unpaired) electrons. The Bertz CT molecular complexity index is 914. The lowest BCUT2D eigenvalue weighted by Gasteiger charge is -2.12. The average molecular weight is 546 g/mol. The van der Waals surface area contributed by atoms with Crippen LogP contribution >= 0.6 is 50.3 Å². The molecule has 8 heteroatoms. The second-order valence-electron chi connectivity index (χ2n) is 5.44. The largest absolute Gasteiger partial charge is 0.504 e. The lowest BCUT2D eigenvalue weighted by atomic mass is 10.1. The molecular weight excluding hydrogens is 533 g/mol. The van der Waals surface area contributed by atoms with Gasteiger partial charge in [0.15, 0.2) is 11.5 Å². The molecule has 2 aromatic rings. The quantitative estimate of drug-likeness (QED) is 0.432. The van der Waals surface area contributed by atoms with Gasteiger partial charge >= 0.3 is 0 Å². The Morgan fingerprint density at radius 3 is 2.62 bits per heavy atom. The van der Waals surface area contributed by atoms with E-state index >= 15 is 0 Å². The van der Waals surface area contributed by atoms with Gasteiger partial charge in [0.25, 0.3) is 11.1 Å². The van der Waals surface area contributed by atoms with E-state index in [1.807, 2.05) is 24.3 Å². The van der Waals surface area contributed by atoms with E-state index in [0.29, 0.717) is 10.0 Å². The Hall–Kier alpha value is -1.52. The zero-order valence-corrected chi connectivity index (χ0v) is 18.1. The molecule has 3 rings (SSSR count). The fourth-order valence-corrected chi connectivity index (χ4v) is 4.05. The van der Waals surface area contributed by atoms with Gasteiger partial charge in [-0.3, -0.25) is 14.5 Å². The minimum atomic E-state index is -0.378. The van der Waals surface area contributed by atoms with Crippen LogP contribution in [0.4, 0.5) is 4.79 Å². The van der Waals surface area contributed by atoms with Crippen LogP contribution in [-0.2, 0) is 11.3 Å². The van der Waals surface area contributed by atoms with Gasteiger partial charge in [0.1, 0.15) is 0 Å². The monoisotopic (exact) mass is 545 g/mol. The summed E-state index contributed by atoms with van der Waals surface area (Å²) in [7, 11) is 1.44. The third kappa shape index (κ3) is 4.07. The number of ether oxygens (including phenoxy) is 1. The van der Waals surface area contributed by atoms with Crippen LogP contribution in [0.3, 0.4) is 0 Å². The van der Waals surface area contributed by atoms with Gasteiger partial charge in [-0.2, -0.15) is 0 Å². The highest BCUT2D eigenvalue weighted by molar-refractivity contribution is 14.1. The smallest absolute Gasteiger partial charge is 0.293 e. The Kier molecular flexibility index (Phi) is 5.93. The molecule has 0 aliphatic carbocycles. The first-order valence-corrected chi connectivity index (χ1v) is 10.1. The van der Waals surface area contributed by atoms with Crippen molar-refractivity contribution in [1.82, 2.24) is 4.90 Å². The maximum absolute atomic E-state index is 12.6. The number of halogens is 2. The number of phenols is 1. The molecule has 0 bridgehead atoms. The number of rotatable bonds is 4. The highest BCUT2D eigenvalue weighted by Crippen LogP contribution is 2.38. The molecule has 0 saturated carbocycles. The van der Waals surface area contributed by atoms with Crippen molar-refractivity contribution in [2.24, 2.45) is 0 Å². The van der Waals surface area contributed by atoms with Gasteiger partial charge in [-0.1, -0.05) is 28.1 Å². The molecule has 1 aliphatic rings. The summed E-state index contributed by atoms with van der Waals surface area (Å²) in [6, 6.07) is 10.9. The molecule has 0 spiro atoms. The maximum Gasteiger partial charge on any atom is 0.293 e. The maximum atomic E-state index is 12.6. The molecule has 0 unspecified atom stereocenters. The summed E-state index contributed by atoms with van der Waals surface area (Å²) >= 11 is 6.39. The number of carbonyl (C=O) groups excluding carboxylic acids is 2. The molecule has 1 saturated heterocycles. The molecule has 1 heterocycles. The topological polar surface area (TPSA) is 66.8 Å². The predicted molar refractivity (Wildman–Crippen MR) is 113 cm³/mol. The van der Waals surface area contributed by atoms with Crippen molar-refractivity contribution in [3.8, 4) is 11.5 Å². The second-order valence-corrected chi connectivity index (χ2v) is 8.59. The molecular formula is C18H13BrINO4S. The number of imide groups is 1. The number of hydrogen-bond donors (Lipinski definition) is 1. The number of benzene rings is 2. The van der Waals surface area contributed by atoms with Gasteiger partial charge in [0.05, 0.1) is 18.6 Å². The third-order valence-electron chi connectivity index (χ3n) is 3.70. The summed E-state index contributed by atoms with van der Waals surface area (Å²) in [5.41, 5.74) is 1.27. The number of aromatic hydroxyl groups is 1. The van der Waals surface area contributed by atoms with Crippen LogP contribution in [0.15, 0.2) is 45.8 Å². The standard InChI is InChI=1S/C18H13BrINO4S/c1-25-14-8-12(19)6-11(16(14)22)7-15-17(23)21(18(24)26-15)9-10-2-4-13(20)5-3-10/h2-8,22H,9H2,1H3/b15-7-. The number of carbonyl (C=O) groups is 2. The van der Waals surface area contributed by atoms with Crippen molar-refractivity contribution >= 4 is 67.5 Å². The zero-order valence-electron chi connectivity index (χ0n) is 13.5. The fraction of sp³-hybridized carbons (Fsp3) is 0.111. The van der Waals surface area contributed by atoms with Crippen molar-refractivity contribution in [3.63, 3.8) is 0 Å². The SMILES string of the molecule is COc1cc(Br)cc(/C=C2\SC(=O)N(Cc3ccc(I)cc3)C2=O)c1O. The molecule has 5 nitrogen and oxygen atoms in total. The lowest BCUT2D eigenvalue weighted by Crippen LogP contribution is -2.27. The van der Waals surface area contributed by atoms with E-state index in [2.05, 4.69) is 38.5 Å². The number of thioether (sulfide) groups is 1. The molecule has 0 aromatic heterocycles. The fourth-order valence-electron chi connectivity index (χ4n) is 2.41. The summed E-state index contributed by atoms with van der Waals surface area (Å²) in [4.78, 5) is 26.4. The molecule has 1 N–H and O–H groups in total. The zero-order chi connectivity index (χ0) is 18.8. The number of hydrogen-bond acceptors (Lipinski definition) is 5. The summed E-state index contributed by atoms with van der Waals surface area (Å²) in [5.74, 6) is -0.180. The number of phenolic OH excluding ortho intramolecular Hbond substituents is 1. The van der Waals surface area contributed by atoms with Crippen molar-refractivity contribution in [2.45, 2.75) is 6.54 Å². The van der Waals surface area contributed by atoms with E-state index in [9.17, 15) is 14.7 Å². The van der Waals surface area contributed by atoms with Crippen molar-refractivity contribution < 1.29 is 19.4 Å². The lowest BCUT2D eigenvalue weighted by molar-refractivity contribution is -0.123. The normalized spacial score (nSPS) is 15.8. The van der Waals surface area contributed by atoms with Gasteiger partial charge in [-0.05, 0) is 70.3 Å². The molecule has 2 aromatic carbocycles. The van der Waals surface area contributed by atoms with Crippen molar-refractivity contribution in [3.05, 3.63) is 60.5 Å². The van der Waals surface area contributed by atoms with Gasteiger partial charge in [-0.15, -0.1) is 0 Å². The van der Waals surface area contributed by atoms with Crippen LogP contribution in [0, 0.1) is 3.57 Å². The van der Waals surface area contributed by atoms with Crippen LogP contribution in [0.1, 0.15) is 11.1 Å². The first kappa shape index (κ1) is 19.2. The molecule has 134 valence electrons. The highest BCUT2D eigenvalue weighted by atomic mass is 127. The van der Waals surface area contributed by atoms with Crippen LogP contribution in [-0.4, -0.2) is 28.3 Å². The molecule has 1 fully saturated rings.